The van der Waals surface area contributed by atoms with Gasteiger partial charge in [0.1, 0.15) is 5.69 Å². The number of carbonyl (C=O) groups excluding carboxylic acids is 1. The van der Waals surface area contributed by atoms with Crippen LogP contribution >= 0.6 is 0 Å². The van der Waals surface area contributed by atoms with Crippen molar-refractivity contribution in [2.24, 2.45) is 11.3 Å². The maximum absolute atomic E-state index is 14.4. The van der Waals surface area contributed by atoms with E-state index in [1.54, 1.807) is 29.6 Å². The van der Waals surface area contributed by atoms with Gasteiger partial charge in [-0.05, 0) is 54.9 Å². The van der Waals surface area contributed by atoms with Crippen molar-refractivity contribution in [3.05, 3.63) is 65.6 Å². The molecule has 2 aliphatic carbocycles. The average Bonchev–Trinajstić information content (AvgIpc) is 3.48. The number of nitrogens with zero attached hydrogens (tertiary/aromatic N) is 5. The topological polar surface area (TPSA) is 83.9 Å². The molecule has 1 N–H and O–H groups in total. The van der Waals surface area contributed by atoms with Gasteiger partial charge in [0, 0.05) is 37.4 Å². The van der Waals surface area contributed by atoms with Crippen molar-refractivity contribution in [2.45, 2.75) is 38.0 Å². The molecule has 35 heavy (non-hydrogen) atoms. The number of hydrogen-bond acceptors (Lipinski definition) is 6. The summed E-state index contributed by atoms with van der Waals surface area (Å²) in [6, 6.07) is 3.39. The summed E-state index contributed by atoms with van der Waals surface area (Å²) < 4.78 is 53.0. The van der Waals surface area contributed by atoms with E-state index < -0.39 is 17.6 Å². The van der Waals surface area contributed by atoms with E-state index in [0.717, 1.165) is 12.0 Å². The molecule has 180 valence electrons. The van der Waals surface area contributed by atoms with Gasteiger partial charge in [0.15, 0.2) is 17.5 Å². The molecule has 4 unspecified atom stereocenters. The second kappa shape index (κ2) is 7.43. The van der Waals surface area contributed by atoms with Gasteiger partial charge in [-0.1, -0.05) is 0 Å². The third-order valence-corrected chi connectivity index (χ3v) is 7.39. The summed E-state index contributed by atoms with van der Waals surface area (Å²) in [5, 5.41) is 2.95. The van der Waals surface area contributed by atoms with Crippen molar-refractivity contribution < 1.29 is 22.4 Å². The Balaban J connectivity index is 1.28. The molecule has 3 aliphatic rings. The summed E-state index contributed by atoms with van der Waals surface area (Å²) in [6.07, 6.45) is 2.41. The van der Waals surface area contributed by atoms with Crippen molar-refractivity contribution in [3.63, 3.8) is 0 Å². The standard InChI is InChI=1S/C24H20F4N6O/c1-12-5-15(20-29-3-2-4-30-20)18(31-9-12)22(35)34-11-14-7-23(14)8-17(19(23)34)33-21-16(25)6-13(10-32-21)24(26,27)28/h2-6,9-10,14,17,19H,7-8,11H2,1H3,(H,32,33). The highest BCUT2D eigenvalue weighted by atomic mass is 19.4. The van der Waals surface area contributed by atoms with Gasteiger partial charge in [-0.2, -0.15) is 13.2 Å². The molecule has 3 aromatic rings. The van der Waals surface area contributed by atoms with Gasteiger partial charge < -0.3 is 10.2 Å². The zero-order chi connectivity index (χ0) is 24.5. The van der Waals surface area contributed by atoms with E-state index in [9.17, 15) is 22.4 Å². The van der Waals surface area contributed by atoms with Crippen LogP contribution in [-0.4, -0.2) is 49.4 Å². The number of alkyl halides is 3. The molecule has 0 bridgehead atoms. The van der Waals surface area contributed by atoms with E-state index in [4.69, 9.17) is 0 Å². The Morgan fingerprint density at radius 2 is 1.89 bits per heavy atom. The molecule has 0 radical (unpaired) electrons. The molecule has 3 aromatic heterocycles. The lowest BCUT2D eigenvalue weighted by molar-refractivity contribution is -0.138. The van der Waals surface area contributed by atoms with Crippen LogP contribution < -0.4 is 5.32 Å². The van der Waals surface area contributed by atoms with Gasteiger partial charge in [0.25, 0.3) is 5.91 Å². The summed E-state index contributed by atoms with van der Waals surface area (Å²) in [6.45, 7) is 2.42. The molecule has 1 amide bonds. The van der Waals surface area contributed by atoms with Crippen molar-refractivity contribution in [1.29, 1.82) is 0 Å². The summed E-state index contributed by atoms with van der Waals surface area (Å²) in [7, 11) is 0. The first-order valence-corrected chi connectivity index (χ1v) is 11.2. The van der Waals surface area contributed by atoms with Crippen LogP contribution in [0.15, 0.2) is 43.0 Å². The van der Waals surface area contributed by atoms with Crippen LogP contribution in [0.2, 0.25) is 0 Å². The lowest BCUT2D eigenvalue weighted by Gasteiger charge is -2.48. The number of hydrogen-bond donors (Lipinski definition) is 1. The van der Waals surface area contributed by atoms with E-state index in [2.05, 4.69) is 25.3 Å². The van der Waals surface area contributed by atoms with Crippen LogP contribution in [-0.2, 0) is 6.18 Å². The normalized spacial score (nSPS) is 26.5. The van der Waals surface area contributed by atoms with E-state index in [-0.39, 0.29) is 34.9 Å². The number of halogens is 4. The average molecular weight is 484 g/mol. The van der Waals surface area contributed by atoms with Crippen molar-refractivity contribution in [3.8, 4) is 11.4 Å². The fourth-order valence-corrected chi connectivity index (χ4v) is 5.72. The van der Waals surface area contributed by atoms with Crippen LogP contribution in [0.3, 0.4) is 0 Å². The minimum Gasteiger partial charge on any atom is -0.363 e. The molecule has 4 heterocycles. The highest BCUT2D eigenvalue weighted by molar-refractivity contribution is 5.99. The minimum absolute atomic E-state index is 0.0379. The first-order valence-electron chi connectivity index (χ1n) is 11.2. The molecular weight excluding hydrogens is 464 g/mol. The third kappa shape index (κ3) is 3.43. The van der Waals surface area contributed by atoms with Crippen molar-refractivity contribution in [1.82, 2.24) is 24.8 Å². The number of piperidine rings is 1. The quantitative estimate of drug-likeness (QED) is 0.561. The van der Waals surface area contributed by atoms with Gasteiger partial charge in [-0.3, -0.25) is 9.78 Å². The van der Waals surface area contributed by atoms with E-state index in [1.807, 2.05) is 13.0 Å². The monoisotopic (exact) mass is 484 g/mol. The molecule has 4 atom stereocenters. The van der Waals surface area contributed by atoms with Gasteiger partial charge in [-0.25, -0.2) is 19.3 Å². The van der Waals surface area contributed by atoms with Crippen LogP contribution in [0.1, 0.15) is 34.5 Å². The number of amides is 1. The number of rotatable bonds is 4. The lowest BCUT2D eigenvalue weighted by atomic mass is 9.71. The highest BCUT2D eigenvalue weighted by Crippen LogP contribution is 2.71. The van der Waals surface area contributed by atoms with Crippen LogP contribution in [0.25, 0.3) is 11.4 Å². The molecule has 0 aromatic carbocycles. The summed E-state index contributed by atoms with van der Waals surface area (Å²) >= 11 is 0. The smallest absolute Gasteiger partial charge is 0.363 e. The Morgan fingerprint density at radius 3 is 2.60 bits per heavy atom. The van der Waals surface area contributed by atoms with E-state index in [1.165, 1.54) is 0 Å². The highest BCUT2D eigenvalue weighted by Gasteiger charge is 2.75. The summed E-state index contributed by atoms with van der Waals surface area (Å²) in [5.41, 5.74) is 0.444. The number of aryl methyl sites for hydroxylation is 1. The number of aromatic nitrogens is 4. The van der Waals surface area contributed by atoms with Gasteiger partial charge in [-0.15, -0.1) is 0 Å². The molecule has 7 nitrogen and oxygen atoms in total. The SMILES string of the molecule is Cc1cnc(C(=O)N2CC3CC34CC(Nc3ncc(C(F)(F)F)cc3F)C24)c(-c2ncccn2)c1. The number of likely N-dealkylation sites (tertiary alicyclic amines) is 1. The lowest BCUT2D eigenvalue weighted by Crippen LogP contribution is -2.60. The predicted molar refractivity (Wildman–Crippen MR) is 117 cm³/mol. The van der Waals surface area contributed by atoms with Crippen molar-refractivity contribution in [2.75, 3.05) is 11.9 Å². The maximum atomic E-state index is 14.4. The Hall–Kier alpha value is -3.63. The first kappa shape index (κ1) is 21.9. The summed E-state index contributed by atoms with van der Waals surface area (Å²) in [5.74, 6) is -0.850. The zero-order valence-corrected chi connectivity index (χ0v) is 18.6. The molecule has 11 heteroatoms. The van der Waals surface area contributed by atoms with Gasteiger partial charge >= 0.3 is 6.18 Å². The second-order valence-corrected chi connectivity index (χ2v) is 9.52. The fraction of sp³-hybridized carbons (Fsp3) is 0.375. The Labute approximate surface area is 197 Å². The Kier molecular flexibility index (Phi) is 4.64. The Morgan fingerprint density at radius 1 is 1.11 bits per heavy atom. The van der Waals surface area contributed by atoms with Crippen molar-refractivity contribution >= 4 is 11.7 Å². The minimum atomic E-state index is -4.68. The summed E-state index contributed by atoms with van der Waals surface area (Å²) in [4.78, 5) is 32.1. The Bertz CT molecular complexity index is 1330. The maximum Gasteiger partial charge on any atom is 0.417 e. The fourth-order valence-electron chi connectivity index (χ4n) is 5.72. The van der Waals surface area contributed by atoms with Crippen LogP contribution in [0.5, 0.6) is 0 Å². The molecule has 3 fully saturated rings. The molecule has 6 rings (SSSR count). The van der Waals surface area contributed by atoms with Gasteiger partial charge in [0.05, 0.1) is 17.2 Å². The van der Waals surface area contributed by atoms with E-state index in [0.29, 0.717) is 42.5 Å². The van der Waals surface area contributed by atoms with Crippen LogP contribution in [0.4, 0.5) is 23.4 Å². The molecule has 1 aliphatic heterocycles. The third-order valence-electron chi connectivity index (χ3n) is 7.39. The molecular formula is C24H20F4N6O. The number of nitrogens with one attached hydrogen (secondary N) is 1. The molecule has 1 spiro atoms. The molecule has 1 saturated heterocycles. The number of anilines is 1. The zero-order valence-electron chi connectivity index (χ0n) is 18.6. The van der Waals surface area contributed by atoms with Crippen LogP contribution in [0, 0.1) is 24.1 Å². The van der Waals surface area contributed by atoms with E-state index >= 15 is 0 Å². The number of pyridine rings is 2. The first-order chi connectivity index (χ1) is 16.7. The van der Waals surface area contributed by atoms with Gasteiger partial charge in [0.2, 0.25) is 0 Å². The predicted octanol–water partition coefficient (Wildman–Crippen LogP) is 4.12. The largest absolute Gasteiger partial charge is 0.417 e. The number of carbonyl (C=O) groups is 1. The molecule has 2 saturated carbocycles. The second-order valence-electron chi connectivity index (χ2n) is 9.52.